The van der Waals surface area contributed by atoms with Crippen molar-refractivity contribution < 1.29 is 4.79 Å². The Bertz CT molecular complexity index is 1320. The number of hydrogen-bond acceptors (Lipinski definition) is 6. The molecule has 0 radical (unpaired) electrons. The lowest BCUT2D eigenvalue weighted by atomic mass is 10.1. The van der Waals surface area contributed by atoms with Crippen LogP contribution < -0.4 is 5.73 Å². The molecule has 0 bridgehead atoms. The second-order valence-corrected chi connectivity index (χ2v) is 8.80. The Morgan fingerprint density at radius 1 is 1.21 bits per heavy atom. The summed E-state index contributed by atoms with van der Waals surface area (Å²) in [4.78, 5) is 31.0. The van der Waals surface area contributed by atoms with Gasteiger partial charge in [-0.2, -0.15) is 5.10 Å². The Hall–Kier alpha value is -3.75. The van der Waals surface area contributed by atoms with Crippen LogP contribution in [0.4, 0.5) is 5.95 Å². The highest BCUT2D eigenvalue weighted by molar-refractivity contribution is 5.95. The van der Waals surface area contributed by atoms with Gasteiger partial charge in [-0.25, -0.2) is 19.6 Å². The van der Waals surface area contributed by atoms with E-state index in [0.29, 0.717) is 6.42 Å². The Labute approximate surface area is 198 Å². The summed E-state index contributed by atoms with van der Waals surface area (Å²) in [7, 11) is 0. The number of carbonyl (C=O) groups excluding carboxylic acids is 1. The fourth-order valence-electron chi connectivity index (χ4n) is 4.68. The van der Waals surface area contributed by atoms with E-state index in [-0.39, 0.29) is 18.0 Å². The number of aryl methyl sites for hydroxylation is 1. The second kappa shape index (κ2) is 9.24. The van der Waals surface area contributed by atoms with Crippen molar-refractivity contribution in [1.29, 1.82) is 0 Å². The number of nitrogens with two attached hydrogens (primary N) is 1. The number of fused-ring (bicyclic) bond motifs is 1. The van der Waals surface area contributed by atoms with Crippen molar-refractivity contribution in [2.75, 3.05) is 12.3 Å². The third-order valence-electron chi connectivity index (χ3n) is 6.47. The maximum Gasteiger partial charge on any atom is 0.223 e. The lowest BCUT2D eigenvalue weighted by Crippen LogP contribution is -2.33. The van der Waals surface area contributed by atoms with Gasteiger partial charge in [0, 0.05) is 59.3 Å². The van der Waals surface area contributed by atoms with Crippen molar-refractivity contribution >= 4 is 22.9 Å². The van der Waals surface area contributed by atoms with Crippen LogP contribution in [0.5, 0.6) is 0 Å². The quantitative estimate of drug-likeness (QED) is 0.425. The number of hydrogen-bond donors (Lipinski definition) is 2. The minimum Gasteiger partial charge on any atom is -0.368 e. The average molecular weight is 459 g/mol. The summed E-state index contributed by atoms with van der Waals surface area (Å²) in [6.07, 6.45) is 13.0. The summed E-state index contributed by atoms with van der Waals surface area (Å²) in [6.45, 7) is 4.85. The summed E-state index contributed by atoms with van der Waals surface area (Å²) in [5.74, 6) is 0.452. The van der Waals surface area contributed by atoms with Crippen LogP contribution in [-0.4, -0.2) is 47.1 Å². The predicted molar refractivity (Wildman–Crippen MR) is 132 cm³/mol. The summed E-state index contributed by atoms with van der Waals surface area (Å²) in [5, 5.41) is 5.56. The van der Waals surface area contributed by atoms with Gasteiger partial charge in [0.15, 0.2) is 0 Å². The fraction of sp³-hybridized carbons (Fsp3) is 0.400. The number of nitrogen functional groups attached to an aromatic ring is 1. The number of H-pyrrole nitrogens is 1. The molecule has 4 aromatic rings. The average Bonchev–Trinajstić information content (AvgIpc) is 3.60. The summed E-state index contributed by atoms with van der Waals surface area (Å²) < 4.78 is 1.91. The normalized spacial score (nSPS) is 15.9. The first-order valence-corrected chi connectivity index (χ1v) is 12.0. The minimum atomic E-state index is -0.0220. The first-order chi connectivity index (χ1) is 16.6. The van der Waals surface area contributed by atoms with E-state index < -0.39 is 0 Å². The molecule has 1 saturated heterocycles. The van der Waals surface area contributed by atoms with Crippen LogP contribution in [0.2, 0.25) is 0 Å². The molecule has 1 fully saturated rings. The maximum atomic E-state index is 12.3. The van der Waals surface area contributed by atoms with Crippen molar-refractivity contribution in [1.82, 2.24) is 34.6 Å². The van der Waals surface area contributed by atoms with E-state index in [4.69, 9.17) is 5.73 Å². The molecule has 3 N–H and O–H groups in total. The number of pyridine rings is 1. The molecule has 1 aliphatic rings. The highest BCUT2D eigenvalue weighted by atomic mass is 16.2. The third-order valence-corrected chi connectivity index (χ3v) is 6.47. The van der Waals surface area contributed by atoms with E-state index in [1.165, 1.54) is 0 Å². The van der Waals surface area contributed by atoms with Crippen LogP contribution in [0.15, 0.2) is 36.9 Å². The van der Waals surface area contributed by atoms with E-state index >= 15 is 0 Å². The van der Waals surface area contributed by atoms with Gasteiger partial charge in [0.1, 0.15) is 11.8 Å². The summed E-state index contributed by atoms with van der Waals surface area (Å²) in [5.41, 5.74) is 11.4. The van der Waals surface area contributed by atoms with Gasteiger partial charge in [-0.15, -0.1) is 0 Å². The standard InChI is InChI=1S/C25H30N8O/c1-3-5-7-18-11-21(31-25(26)30-18)20-14-28-24-19(20)10-16(12-27-24)17-13-29-33(15-17)22-8-6-9-32(22)23(34)4-2/h10-15,22H,3-9H2,1-2H3,(H,27,28)(H2,26,30,31). The zero-order valence-corrected chi connectivity index (χ0v) is 19.7. The SMILES string of the molecule is CCCCc1cc(-c2c[nH]c3ncc(-c4cnn(C5CCCN5C(=O)CC)c4)cc23)nc(N)n1. The molecule has 5 heterocycles. The minimum absolute atomic E-state index is 0.0220. The molecule has 4 aromatic heterocycles. The second-order valence-electron chi connectivity index (χ2n) is 8.80. The van der Waals surface area contributed by atoms with Gasteiger partial charge in [0.25, 0.3) is 0 Å². The predicted octanol–water partition coefficient (Wildman–Crippen LogP) is 4.34. The molecule has 1 amide bonds. The smallest absolute Gasteiger partial charge is 0.223 e. The molecular weight excluding hydrogens is 428 g/mol. The molecule has 5 rings (SSSR count). The van der Waals surface area contributed by atoms with Gasteiger partial charge < -0.3 is 15.6 Å². The van der Waals surface area contributed by atoms with Crippen LogP contribution >= 0.6 is 0 Å². The number of aromatic nitrogens is 6. The zero-order chi connectivity index (χ0) is 23.7. The third kappa shape index (κ3) is 4.13. The van der Waals surface area contributed by atoms with Crippen molar-refractivity contribution in [3.8, 4) is 22.4 Å². The number of nitrogens with zero attached hydrogens (tertiary/aromatic N) is 6. The van der Waals surface area contributed by atoms with Gasteiger partial charge in [-0.3, -0.25) is 4.79 Å². The molecule has 0 aliphatic carbocycles. The number of unbranched alkanes of at least 4 members (excludes halogenated alkanes) is 1. The highest BCUT2D eigenvalue weighted by Crippen LogP contribution is 2.32. The topological polar surface area (TPSA) is 119 Å². The van der Waals surface area contributed by atoms with Gasteiger partial charge in [-0.05, 0) is 37.8 Å². The molecule has 0 spiro atoms. The Balaban J connectivity index is 1.48. The molecule has 0 saturated carbocycles. The molecule has 1 unspecified atom stereocenters. The first kappa shape index (κ1) is 22.1. The summed E-state index contributed by atoms with van der Waals surface area (Å²) >= 11 is 0. The zero-order valence-electron chi connectivity index (χ0n) is 19.7. The molecule has 1 aliphatic heterocycles. The number of anilines is 1. The molecule has 1 atom stereocenters. The van der Waals surface area contributed by atoms with Gasteiger partial charge in [0.05, 0.1) is 11.9 Å². The van der Waals surface area contributed by atoms with Crippen LogP contribution in [0.1, 0.15) is 57.8 Å². The van der Waals surface area contributed by atoms with Crippen molar-refractivity contribution in [2.45, 2.75) is 58.5 Å². The van der Waals surface area contributed by atoms with E-state index in [1.807, 2.05) is 47.4 Å². The number of nitrogens with one attached hydrogen (secondary N) is 1. The van der Waals surface area contributed by atoms with Gasteiger partial charge in [-0.1, -0.05) is 20.3 Å². The molecular formula is C25H30N8O. The largest absolute Gasteiger partial charge is 0.368 e. The molecule has 9 heteroatoms. The Kier molecular flexibility index (Phi) is 6.00. The van der Waals surface area contributed by atoms with Crippen LogP contribution in [0.25, 0.3) is 33.4 Å². The van der Waals surface area contributed by atoms with E-state index in [2.05, 4.69) is 38.0 Å². The molecule has 9 nitrogen and oxygen atoms in total. The number of amides is 1. The highest BCUT2D eigenvalue weighted by Gasteiger charge is 2.29. The van der Waals surface area contributed by atoms with E-state index in [1.54, 1.807) is 0 Å². The monoisotopic (exact) mass is 458 g/mol. The van der Waals surface area contributed by atoms with E-state index in [0.717, 1.165) is 77.8 Å². The molecule has 176 valence electrons. The lowest BCUT2D eigenvalue weighted by Gasteiger charge is -2.24. The van der Waals surface area contributed by atoms with E-state index in [9.17, 15) is 4.79 Å². The fourth-order valence-corrected chi connectivity index (χ4v) is 4.68. The Morgan fingerprint density at radius 3 is 2.91 bits per heavy atom. The van der Waals surface area contributed by atoms with Gasteiger partial charge in [0.2, 0.25) is 11.9 Å². The van der Waals surface area contributed by atoms with Gasteiger partial charge >= 0.3 is 0 Å². The molecule has 34 heavy (non-hydrogen) atoms. The van der Waals surface area contributed by atoms with Crippen LogP contribution in [-0.2, 0) is 11.2 Å². The number of likely N-dealkylation sites (tertiary alicyclic amines) is 1. The summed E-state index contributed by atoms with van der Waals surface area (Å²) in [6, 6.07) is 4.11. The Morgan fingerprint density at radius 2 is 2.09 bits per heavy atom. The van der Waals surface area contributed by atoms with Crippen molar-refractivity contribution in [3.63, 3.8) is 0 Å². The van der Waals surface area contributed by atoms with Crippen molar-refractivity contribution in [3.05, 3.63) is 42.6 Å². The number of aromatic amines is 1. The molecule has 0 aromatic carbocycles. The number of rotatable bonds is 7. The van der Waals surface area contributed by atoms with Crippen LogP contribution in [0, 0.1) is 0 Å². The first-order valence-electron chi connectivity index (χ1n) is 12.0. The maximum absolute atomic E-state index is 12.3. The number of carbonyl (C=O) groups is 1. The lowest BCUT2D eigenvalue weighted by molar-refractivity contribution is -0.133. The van der Waals surface area contributed by atoms with Crippen molar-refractivity contribution in [2.24, 2.45) is 0 Å². The van der Waals surface area contributed by atoms with Crippen LogP contribution in [0.3, 0.4) is 0 Å².